The van der Waals surface area contributed by atoms with Crippen molar-refractivity contribution in [3.8, 4) is 5.88 Å². The fraction of sp³-hybridized carbons (Fsp3) is 0.312. The van der Waals surface area contributed by atoms with Crippen molar-refractivity contribution in [2.75, 3.05) is 17.7 Å². The molecule has 2 aromatic rings. The summed E-state index contributed by atoms with van der Waals surface area (Å²) < 4.78 is 5.69. The van der Waals surface area contributed by atoms with E-state index in [0.29, 0.717) is 34.9 Å². The van der Waals surface area contributed by atoms with Crippen LogP contribution in [0.4, 0.5) is 17.2 Å². The SMILES string of the molecule is Cc1ccc(Cl)cc1Nc1ccc(N)c(OCC2CC2)n1. The first-order valence-electron chi connectivity index (χ1n) is 7.04. The zero-order valence-electron chi connectivity index (χ0n) is 11.9. The first-order valence-corrected chi connectivity index (χ1v) is 7.42. The first-order chi connectivity index (χ1) is 10.1. The molecule has 3 N–H and O–H groups in total. The molecule has 0 saturated heterocycles. The summed E-state index contributed by atoms with van der Waals surface area (Å²) in [5, 5.41) is 3.94. The Bertz CT molecular complexity index is 656. The number of hydrogen-bond acceptors (Lipinski definition) is 4. The van der Waals surface area contributed by atoms with Gasteiger partial charge in [0.1, 0.15) is 5.82 Å². The Balaban J connectivity index is 1.78. The van der Waals surface area contributed by atoms with Crippen LogP contribution in [0, 0.1) is 12.8 Å². The second-order valence-electron chi connectivity index (χ2n) is 5.43. The van der Waals surface area contributed by atoms with E-state index >= 15 is 0 Å². The number of anilines is 3. The van der Waals surface area contributed by atoms with E-state index in [1.807, 2.05) is 31.2 Å². The summed E-state index contributed by atoms with van der Waals surface area (Å²) in [6.45, 7) is 2.71. The van der Waals surface area contributed by atoms with Gasteiger partial charge < -0.3 is 15.8 Å². The van der Waals surface area contributed by atoms with Crippen LogP contribution in [-0.4, -0.2) is 11.6 Å². The van der Waals surface area contributed by atoms with E-state index in [2.05, 4.69) is 10.3 Å². The lowest BCUT2D eigenvalue weighted by atomic mass is 10.2. The lowest BCUT2D eigenvalue weighted by molar-refractivity contribution is 0.290. The molecule has 110 valence electrons. The number of pyridine rings is 1. The van der Waals surface area contributed by atoms with Crippen LogP contribution >= 0.6 is 11.6 Å². The molecule has 0 bridgehead atoms. The van der Waals surface area contributed by atoms with Gasteiger partial charge in [-0.2, -0.15) is 4.98 Å². The molecule has 0 unspecified atom stereocenters. The summed E-state index contributed by atoms with van der Waals surface area (Å²) in [4.78, 5) is 4.44. The highest BCUT2D eigenvalue weighted by molar-refractivity contribution is 6.30. The minimum Gasteiger partial charge on any atom is -0.476 e. The summed E-state index contributed by atoms with van der Waals surface area (Å²) in [6.07, 6.45) is 2.47. The number of hydrogen-bond donors (Lipinski definition) is 2. The summed E-state index contributed by atoms with van der Waals surface area (Å²) in [7, 11) is 0. The van der Waals surface area contributed by atoms with Crippen molar-refractivity contribution in [1.29, 1.82) is 0 Å². The predicted molar refractivity (Wildman–Crippen MR) is 86.3 cm³/mol. The number of nitrogens with two attached hydrogens (primary N) is 1. The molecule has 1 aliphatic carbocycles. The standard InChI is InChI=1S/C16H18ClN3O/c1-10-2-5-12(17)8-14(10)19-15-7-6-13(18)16(20-15)21-9-11-3-4-11/h2,5-8,11H,3-4,9,18H2,1H3,(H,19,20). The molecule has 1 saturated carbocycles. The van der Waals surface area contributed by atoms with Crippen LogP contribution in [0.3, 0.4) is 0 Å². The van der Waals surface area contributed by atoms with E-state index in [-0.39, 0.29) is 0 Å². The second kappa shape index (κ2) is 5.82. The molecule has 3 rings (SSSR count). The number of rotatable bonds is 5. The van der Waals surface area contributed by atoms with Gasteiger partial charge in [0.25, 0.3) is 0 Å². The van der Waals surface area contributed by atoms with Gasteiger partial charge in [-0.1, -0.05) is 17.7 Å². The number of aryl methyl sites for hydroxylation is 1. The Morgan fingerprint density at radius 2 is 2.14 bits per heavy atom. The number of nitrogens with one attached hydrogen (secondary N) is 1. The van der Waals surface area contributed by atoms with Gasteiger partial charge in [0.2, 0.25) is 5.88 Å². The van der Waals surface area contributed by atoms with E-state index in [0.717, 1.165) is 11.3 Å². The average Bonchev–Trinajstić information content (AvgIpc) is 3.27. The zero-order chi connectivity index (χ0) is 14.8. The number of nitrogens with zero attached hydrogens (tertiary/aromatic N) is 1. The van der Waals surface area contributed by atoms with E-state index in [1.165, 1.54) is 12.8 Å². The van der Waals surface area contributed by atoms with E-state index in [1.54, 1.807) is 6.07 Å². The van der Waals surface area contributed by atoms with Gasteiger partial charge in [-0.3, -0.25) is 0 Å². The van der Waals surface area contributed by atoms with E-state index in [4.69, 9.17) is 22.1 Å². The second-order valence-corrected chi connectivity index (χ2v) is 5.87. The third-order valence-electron chi connectivity index (χ3n) is 3.50. The quantitative estimate of drug-likeness (QED) is 0.871. The van der Waals surface area contributed by atoms with Crippen molar-refractivity contribution in [1.82, 2.24) is 4.98 Å². The highest BCUT2D eigenvalue weighted by atomic mass is 35.5. The number of ether oxygens (including phenoxy) is 1. The lowest BCUT2D eigenvalue weighted by Gasteiger charge is -2.12. The molecule has 0 aliphatic heterocycles. The Labute approximate surface area is 129 Å². The van der Waals surface area contributed by atoms with Gasteiger partial charge in [0, 0.05) is 10.7 Å². The Hall–Kier alpha value is -1.94. The van der Waals surface area contributed by atoms with Crippen LogP contribution in [0.25, 0.3) is 0 Å². The van der Waals surface area contributed by atoms with Crippen molar-refractivity contribution >= 4 is 28.8 Å². The van der Waals surface area contributed by atoms with Crippen LogP contribution in [0.5, 0.6) is 5.88 Å². The topological polar surface area (TPSA) is 60.2 Å². The molecule has 5 heteroatoms. The normalized spacial score (nSPS) is 14.0. The number of aromatic nitrogens is 1. The highest BCUT2D eigenvalue weighted by Crippen LogP contribution is 2.31. The van der Waals surface area contributed by atoms with Crippen LogP contribution in [0.2, 0.25) is 5.02 Å². The summed E-state index contributed by atoms with van der Waals surface area (Å²) in [5.41, 5.74) is 8.49. The van der Waals surface area contributed by atoms with E-state index < -0.39 is 0 Å². The third kappa shape index (κ3) is 3.58. The van der Waals surface area contributed by atoms with Crippen molar-refractivity contribution in [3.05, 3.63) is 40.9 Å². The Morgan fingerprint density at radius 3 is 2.90 bits per heavy atom. The lowest BCUT2D eigenvalue weighted by Crippen LogP contribution is -2.05. The molecule has 21 heavy (non-hydrogen) atoms. The zero-order valence-corrected chi connectivity index (χ0v) is 12.7. The molecule has 0 radical (unpaired) electrons. The molecule has 1 heterocycles. The van der Waals surface area contributed by atoms with Gasteiger partial charge in [-0.15, -0.1) is 0 Å². The van der Waals surface area contributed by atoms with E-state index in [9.17, 15) is 0 Å². The van der Waals surface area contributed by atoms with Crippen LogP contribution in [-0.2, 0) is 0 Å². The van der Waals surface area contributed by atoms with Gasteiger partial charge in [0.05, 0.1) is 12.3 Å². The monoisotopic (exact) mass is 303 g/mol. The Kier molecular flexibility index (Phi) is 3.88. The molecule has 4 nitrogen and oxygen atoms in total. The van der Waals surface area contributed by atoms with Gasteiger partial charge in [0.15, 0.2) is 0 Å². The molecule has 0 spiro atoms. The summed E-state index contributed by atoms with van der Waals surface area (Å²) in [6, 6.07) is 9.34. The molecule has 1 fully saturated rings. The molecule has 0 amide bonds. The molecular weight excluding hydrogens is 286 g/mol. The number of benzene rings is 1. The van der Waals surface area contributed by atoms with Crippen LogP contribution in [0.15, 0.2) is 30.3 Å². The van der Waals surface area contributed by atoms with Gasteiger partial charge >= 0.3 is 0 Å². The average molecular weight is 304 g/mol. The summed E-state index contributed by atoms with van der Waals surface area (Å²) in [5.74, 6) is 1.85. The predicted octanol–water partition coefficient (Wildman–Crippen LogP) is 4.16. The maximum Gasteiger partial charge on any atom is 0.239 e. The van der Waals surface area contributed by atoms with Gasteiger partial charge in [-0.25, -0.2) is 0 Å². The Morgan fingerprint density at radius 1 is 1.33 bits per heavy atom. The highest BCUT2D eigenvalue weighted by Gasteiger charge is 2.22. The molecule has 1 aromatic heterocycles. The fourth-order valence-electron chi connectivity index (χ4n) is 1.98. The van der Waals surface area contributed by atoms with Crippen molar-refractivity contribution < 1.29 is 4.74 Å². The molecule has 1 aliphatic rings. The largest absolute Gasteiger partial charge is 0.476 e. The fourth-order valence-corrected chi connectivity index (χ4v) is 2.16. The summed E-state index contributed by atoms with van der Waals surface area (Å²) >= 11 is 6.03. The minimum atomic E-state index is 0.492. The first kappa shape index (κ1) is 14.0. The molecule has 0 atom stereocenters. The number of nitrogen functional groups attached to an aromatic ring is 1. The number of halogens is 1. The maximum absolute atomic E-state index is 6.03. The molecule has 1 aromatic carbocycles. The maximum atomic E-state index is 6.03. The van der Waals surface area contributed by atoms with Crippen molar-refractivity contribution in [2.45, 2.75) is 19.8 Å². The molecular formula is C16H18ClN3O. The van der Waals surface area contributed by atoms with Gasteiger partial charge in [-0.05, 0) is 55.5 Å². The van der Waals surface area contributed by atoms with Crippen molar-refractivity contribution in [3.63, 3.8) is 0 Å². The minimum absolute atomic E-state index is 0.492. The van der Waals surface area contributed by atoms with Crippen LogP contribution < -0.4 is 15.8 Å². The third-order valence-corrected chi connectivity index (χ3v) is 3.74. The van der Waals surface area contributed by atoms with Crippen LogP contribution in [0.1, 0.15) is 18.4 Å². The van der Waals surface area contributed by atoms with Crippen molar-refractivity contribution in [2.24, 2.45) is 5.92 Å². The smallest absolute Gasteiger partial charge is 0.239 e.